The summed E-state index contributed by atoms with van der Waals surface area (Å²) < 4.78 is 0. The Morgan fingerprint density at radius 1 is 1.18 bits per heavy atom. The number of likely N-dealkylation sites (N-methyl/N-ethyl adjacent to an activating group) is 1. The van der Waals surface area contributed by atoms with Crippen LogP contribution in [-0.2, 0) is 0 Å². The number of hydrogen-bond donors (Lipinski definition) is 1. The molecular formula is C20H28N2. The highest BCUT2D eigenvalue weighted by Gasteiger charge is 2.22. The highest BCUT2D eigenvalue weighted by atomic mass is 15.1. The predicted molar refractivity (Wildman–Crippen MR) is 95.5 cm³/mol. The monoisotopic (exact) mass is 296 g/mol. The minimum Gasteiger partial charge on any atom is -0.319 e. The summed E-state index contributed by atoms with van der Waals surface area (Å²) in [5.41, 5.74) is 1.49. The Hall–Kier alpha value is -1.38. The highest BCUT2D eigenvalue weighted by molar-refractivity contribution is 5.83. The van der Waals surface area contributed by atoms with Gasteiger partial charge in [0.1, 0.15) is 0 Å². The van der Waals surface area contributed by atoms with Crippen LogP contribution in [0, 0.1) is 5.92 Å². The number of rotatable bonds is 5. The minimum atomic E-state index is 0.617. The summed E-state index contributed by atoms with van der Waals surface area (Å²) in [4.78, 5) is 2.49. The summed E-state index contributed by atoms with van der Waals surface area (Å²) in [5, 5.41) is 6.10. The van der Waals surface area contributed by atoms with Gasteiger partial charge in [0.15, 0.2) is 0 Å². The molecule has 0 aromatic heterocycles. The van der Waals surface area contributed by atoms with E-state index in [-0.39, 0.29) is 0 Å². The van der Waals surface area contributed by atoms with Gasteiger partial charge in [0.2, 0.25) is 0 Å². The Kier molecular flexibility index (Phi) is 5.12. The van der Waals surface area contributed by atoms with E-state index in [1.165, 1.54) is 48.7 Å². The number of nitrogens with zero attached hydrogens (tertiary/aromatic N) is 1. The van der Waals surface area contributed by atoms with E-state index in [1.807, 2.05) is 0 Å². The molecule has 2 aromatic rings. The largest absolute Gasteiger partial charge is 0.319 e. The number of nitrogens with one attached hydrogen (secondary N) is 1. The average molecular weight is 296 g/mol. The van der Waals surface area contributed by atoms with Crippen LogP contribution in [0.25, 0.3) is 10.8 Å². The molecule has 1 saturated heterocycles. The van der Waals surface area contributed by atoms with Crippen LogP contribution >= 0.6 is 0 Å². The van der Waals surface area contributed by atoms with Gasteiger partial charge in [0, 0.05) is 13.1 Å². The number of piperidine rings is 1. The van der Waals surface area contributed by atoms with Crippen LogP contribution in [-0.4, -0.2) is 38.6 Å². The molecule has 2 atom stereocenters. The molecule has 2 unspecified atom stereocenters. The number of likely N-dealkylation sites (tertiary alicyclic amines) is 1. The lowest BCUT2D eigenvalue weighted by atomic mass is 9.84. The molecule has 0 radical (unpaired) electrons. The molecule has 1 fully saturated rings. The Labute approximate surface area is 134 Å². The zero-order valence-electron chi connectivity index (χ0n) is 13.9. The second-order valence-corrected chi connectivity index (χ2v) is 6.87. The first-order valence-electron chi connectivity index (χ1n) is 8.58. The Morgan fingerprint density at radius 3 is 2.77 bits per heavy atom. The van der Waals surface area contributed by atoms with Gasteiger partial charge in [0.25, 0.3) is 0 Å². The number of benzene rings is 2. The molecule has 0 aliphatic carbocycles. The van der Waals surface area contributed by atoms with Gasteiger partial charge >= 0.3 is 0 Å². The second-order valence-electron chi connectivity index (χ2n) is 6.87. The lowest BCUT2D eigenvalue weighted by Crippen LogP contribution is -2.33. The summed E-state index contributed by atoms with van der Waals surface area (Å²) in [6.07, 6.45) is 4.03. The lowest BCUT2D eigenvalue weighted by molar-refractivity contribution is 0.194. The molecule has 2 aromatic carbocycles. The molecule has 1 aliphatic heterocycles. The van der Waals surface area contributed by atoms with Gasteiger partial charge in [-0.15, -0.1) is 0 Å². The van der Waals surface area contributed by atoms with Gasteiger partial charge in [0.05, 0.1) is 0 Å². The number of fused-ring (bicyclic) bond motifs is 1. The quantitative estimate of drug-likeness (QED) is 0.901. The van der Waals surface area contributed by atoms with Gasteiger partial charge in [-0.25, -0.2) is 0 Å². The first-order chi connectivity index (χ1) is 10.8. The van der Waals surface area contributed by atoms with Crippen molar-refractivity contribution in [2.24, 2.45) is 5.92 Å². The van der Waals surface area contributed by atoms with Crippen molar-refractivity contribution in [3.05, 3.63) is 48.0 Å². The van der Waals surface area contributed by atoms with E-state index in [1.54, 1.807) is 0 Å². The zero-order valence-corrected chi connectivity index (χ0v) is 13.9. The topological polar surface area (TPSA) is 15.3 Å². The molecule has 118 valence electrons. The van der Waals surface area contributed by atoms with Crippen molar-refractivity contribution in [3.8, 4) is 0 Å². The van der Waals surface area contributed by atoms with Crippen molar-refractivity contribution in [1.29, 1.82) is 0 Å². The molecule has 1 aliphatic rings. The van der Waals surface area contributed by atoms with Crippen molar-refractivity contribution in [3.63, 3.8) is 0 Å². The van der Waals surface area contributed by atoms with Crippen molar-refractivity contribution in [1.82, 2.24) is 10.2 Å². The molecule has 1 N–H and O–H groups in total. The summed E-state index contributed by atoms with van der Waals surface area (Å²) in [6.45, 7) is 3.59. The van der Waals surface area contributed by atoms with Crippen LogP contribution in [0.4, 0.5) is 0 Å². The third-order valence-electron chi connectivity index (χ3n) is 5.04. The summed E-state index contributed by atoms with van der Waals surface area (Å²) in [7, 11) is 4.33. The van der Waals surface area contributed by atoms with Gasteiger partial charge in [-0.05, 0) is 68.1 Å². The van der Waals surface area contributed by atoms with Crippen LogP contribution < -0.4 is 5.32 Å². The third kappa shape index (κ3) is 3.68. The molecule has 3 rings (SSSR count). The molecule has 2 nitrogen and oxygen atoms in total. The molecule has 0 spiro atoms. The van der Waals surface area contributed by atoms with Crippen molar-refractivity contribution in [2.45, 2.75) is 25.2 Å². The summed E-state index contributed by atoms with van der Waals surface area (Å²) in [5.74, 6) is 1.45. The Balaban J connectivity index is 1.79. The fourth-order valence-corrected chi connectivity index (χ4v) is 3.91. The molecule has 0 bridgehead atoms. The maximum absolute atomic E-state index is 3.40. The third-order valence-corrected chi connectivity index (χ3v) is 5.04. The molecule has 0 amide bonds. The SMILES string of the molecule is CNCC(CC1CCCN(C)C1)c1ccc2ccccc2c1. The van der Waals surface area contributed by atoms with Crippen molar-refractivity contribution >= 4 is 10.8 Å². The van der Waals surface area contributed by atoms with E-state index in [4.69, 9.17) is 0 Å². The molecule has 0 saturated carbocycles. The van der Waals surface area contributed by atoms with E-state index in [2.05, 4.69) is 66.8 Å². The van der Waals surface area contributed by atoms with E-state index >= 15 is 0 Å². The van der Waals surface area contributed by atoms with Crippen LogP contribution in [0.15, 0.2) is 42.5 Å². The second kappa shape index (κ2) is 7.26. The predicted octanol–water partition coefficient (Wildman–Crippen LogP) is 3.87. The maximum atomic E-state index is 3.40. The van der Waals surface area contributed by atoms with Gasteiger partial charge in [-0.1, -0.05) is 42.5 Å². The van der Waals surface area contributed by atoms with Crippen LogP contribution in [0.1, 0.15) is 30.7 Å². The van der Waals surface area contributed by atoms with E-state index in [0.29, 0.717) is 5.92 Å². The zero-order chi connectivity index (χ0) is 15.4. The van der Waals surface area contributed by atoms with Crippen LogP contribution in [0.2, 0.25) is 0 Å². The van der Waals surface area contributed by atoms with E-state index in [0.717, 1.165) is 12.5 Å². The molecule has 22 heavy (non-hydrogen) atoms. The van der Waals surface area contributed by atoms with Gasteiger partial charge < -0.3 is 10.2 Å². The Morgan fingerprint density at radius 2 is 2.00 bits per heavy atom. The van der Waals surface area contributed by atoms with Gasteiger partial charge in [-0.3, -0.25) is 0 Å². The van der Waals surface area contributed by atoms with Crippen molar-refractivity contribution in [2.75, 3.05) is 33.7 Å². The van der Waals surface area contributed by atoms with E-state index < -0.39 is 0 Å². The standard InChI is InChI=1S/C20H28N2/c1-21-14-20(12-16-6-5-11-22(2)15-16)19-10-9-17-7-3-4-8-18(17)13-19/h3-4,7-10,13,16,20-21H,5-6,11-12,14-15H2,1-2H3. The van der Waals surface area contributed by atoms with Crippen LogP contribution in [0.3, 0.4) is 0 Å². The lowest BCUT2D eigenvalue weighted by Gasteiger charge is -2.32. The minimum absolute atomic E-state index is 0.617. The van der Waals surface area contributed by atoms with Crippen molar-refractivity contribution < 1.29 is 0 Å². The number of hydrogen-bond acceptors (Lipinski definition) is 2. The molecular weight excluding hydrogens is 268 g/mol. The average Bonchev–Trinajstić information content (AvgIpc) is 2.54. The van der Waals surface area contributed by atoms with Crippen LogP contribution in [0.5, 0.6) is 0 Å². The summed E-state index contributed by atoms with van der Waals surface area (Å²) >= 11 is 0. The highest BCUT2D eigenvalue weighted by Crippen LogP contribution is 2.30. The van der Waals surface area contributed by atoms with Gasteiger partial charge in [-0.2, -0.15) is 0 Å². The normalized spacial score (nSPS) is 21.1. The smallest absolute Gasteiger partial charge is 0.00172 e. The molecule has 1 heterocycles. The molecule has 2 heteroatoms. The fraction of sp³-hybridized carbons (Fsp3) is 0.500. The first kappa shape index (κ1) is 15.5. The maximum Gasteiger partial charge on any atom is 0.00172 e. The summed E-state index contributed by atoms with van der Waals surface area (Å²) in [6, 6.07) is 15.7. The Bertz CT molecular complexity index is 607. The van der Waals surface area contributed by atoms with E-state index in [9.17, 15) is 0 Å². The fourth-order valence-electron chi connectivity index (χ4n) is 3.91. The first-order valence-corrected chi connectivity index (χ1v) is 8.58.